The second-order valence-electron chi connectivity index (χ2n) is 5.59. The molecule has 0 fully saturated rings. The first kappa shape index (κ1) is 19.4. The highest BCUT2D eigenvalue weighted by atomic mass is 32.1. The van der Waals surface area contributed by atoms with Crippen LogP contribution in [0.25, 0.3) is 0 Å². The Balaban J connectivity index is 1.82. The molecule has 0 bridgehead atoms. The van der Waals surface area contributed by atoms with Gasteiger partial charge in [0.1, 0.15) is 0 Å². The van der Waals surface area contributed by atoms with Crippen molar-refractivity contribution in [3.63, 3.8) is 0 Å². The molecule has 2 rings (SSSR count). The highest BCUT2D eigenvalue weighted by Crippen LogP contribution is 2.14. The predicted octanol–water partition coefficient (Wildman–Crippen LogP) is 3.67. The Hall–Kier alpha value is -1.96. The zero-order chi connectivity index (χ0) is 18.1. The number of rotatable bonds is 9. The fraction of sp³-hybridized carbons (Fsp3) is 0.444. The third-order valence-electron chi connectivity index (χ3n) is 3.44. The number of thiazole rings is 1. The molecular formula is C18H25N3O3S. The maximum atomic E-state index is 12.3. The van der Waals surface area contributed by atoms with E-state index < -0.39 is 0 Å². The quantitative estimate of drug-likeness (QED) is 0.691. The summed E-state index contributed by atoms with van der Waals surface area (Å²) in [7, 11) is 1.75. The van der Waals surface area contributed by atoms with E-state index in [4.69, 9.17) is 9.47 Å². The van der Waals surface area contributed by atoms with Gasteiger partial charge in [-0.25, -0.2) is 9.78 Å². The number of aryl methyl sites for hydroxylation is 1. The molecule has 0 radical (unpaired) electrons. The predicted molar refractivity (Wildman–Crippen MR) is 99.9 cm³/mol. The van der Waals surface area contributed by atoms with E-state index in [-0.39, 0.29) is 6.03 Å². The summed E-state index contributed by atoms with van der Waals surface area (Å²) in [5.74, 6) is 0. The number of hydrogen-bond acceptors (Lipinski definition) is 5. The number of anilines is 1. The maximum Gasteiger partial charge on any atom is 0.321 e. The number of carbonyl (C=O) groups excluding carboxylic acids is 1. The molecule has 2 aromatic rings. The van der Waals surface area contributed by atoms with Crippen LogP contribution in [0.2, 0.25) is 0 Å². The zero-order valence-electron chi connectivity index (χ0n) is 14.9. The zero-order valence-corrected chi connectivity index (χ0v) is 15.8. The number of amides is 2. The lowest BCUT2D eigenvalue weighted by Gasteiger charge is -2.17. The van der Waals surface area contributed by atoms with Gasteiger partial charge in [0.15, 0.2) is 0 Å². The van der Waals surface area contributed by atoms with E-state index in [9.17, 15) is 4.79 Å². The molecule has 1 heterocycles. The van der Waals surface area contributed by atoms with E-state index in [2.05, 4.69) is 10.3 Å². The van der Waals surface area contributed by atoms with Crippen LogP contribution in [0, 0.1) is 6.92 Å². The van der Waals surface area contributed by atoms with Crippen LogP contribution >= 0.6 is 11.3 Å². The number of nitrogens with zero attached hydrogens (tertiary/aromatic N) is 2. The van der Waals surface area contributed by atoms with E-state index in [1.807, 2.05) is 43.5 Å². The van der Waals surface area contributed by atoms with Gasteiger partial charge in [0.2, 0.25) is 0 Å². The molecule has 2 amide bonds. The first-order valence-electron chi connectivity index (χ1n) is 8.26. The Labute approximate surface area is 152 Å². The van der Waals surface area contributed by atoms with Crippen molar-refractivity contribution in [1.29, 1.82) is 0 Å². The van der Waals surface area contributed by atoms with Gasteiger partial charge in [-0.3, -0.25) is 0 Å². The second-order valence-corrected chi connectivity index (χ2v) is 6.66. The lowest BCUT2D eigenvalue weighted by atomic mass is 10.2. The number of nitrogens with one attached hydrogen (secondary N) is 1. The average Bonchev–Trinajstić information content (AvgIpc) is 3.00. The summed E-state index contributed by atoms with van der Waals surface area (Å²) in [6.07, 6.45) is 0. The van der Waals surface area contributed by atoms with Crippen molar-refractivity contribution in [2.24, 2.45) is 0 Å². The lowest BCUT2D eigenvalue weighted by Crippen LogP contribution is -2.31. The molecule has 0 saturated carbocycles. The number of carbonyl (C=O) groups is 1. The topological polar surface area (TPSA) is 63.7 Å². The van der Waals surface area contributed by atoms with Gasteiger partial charge in [-0.15, -0.1) is 11.3 Å². The van der Waals surface area contributed by atoms with Gasteiger partial charge in [0.25, 0.3) is 0 Å². The molecule has 1 N–H and O–H groups in total. The number of aromatic nitrogens is 1. The molecule has 0 aliphatic rings. The minimum absolute atomic E-state index is 0.167. The SMILES string of the molecule is CCOCCOCc1cccc(NC(=O)N(C)Cc2csc(C)n2)c1. The third-order valence-corrected chi connectivity index (χ3v) is 4.26. The number of ether oxygens (including phenoxy) is 2. The fourth-order valence-corrected chi connectivity index (χ4v) is 2.81. The summed E-state index contributed by atoms with van der Waals surface area (Å²) in [5.41, 5.74) is 2.65. The van der Waals surface area contributed by atoms with Crippen molar-refractivity contribution in [3.05, 3.63) is 45.9 Å². The molecule has 1 aromatic heterocycles. The van der Waals surface area contributed by atoms with E-state index in [0.717, 1.165) is 22.0 Å². The van der Waals surface area contributed by atoms with Crippen LogP contribution in [0.5, 0.6) is 0 Å². The first-order chi connectivity index (χ1) is 12.1. The summed E-state index contributed by atoms with van der Waals surface area (Å²) in [6, 6.07) is 7.49. The molecule has 0 spiro atoms. The van der Waals surface area contributed by atoms with Gasteiger partial charge < -0.3 is 19.7 Å². The van der Waals surface area contributed by atoms with E-state index >= 15 is 0 Å². The normalized spacial score (nSPS) is 10.7. The number of benzene rings is 1. The minimum Gasteiger partial charge on any atom is -0.379 e. The van der Waals surface area contributed by atoms with Gasteiger partial charge in [-0.1, -0.05) is 12.1 Å². The Morgan fingerprint density at radius 2 is 2.12 bits per heavy atom. The van der Waals surface area contributed by atoms with Crippen LogP contribution < -0.4 is 5.32 Å². The largest absolute Gasteiger partial charge is 0.379 e. The molecule has 0 aliphatic carbocycles. The van der Waals surface area contributed by atoms with Crippen molar-refractivity contribution in [2.45, 2.75) is 27.0 Å². The van der Waals surface area contributed by atoms with Crippen molar-refractivity contribution < 1.29 is 14.3 Å². The van der Waals surface area contributed by atoms with Gasteiger partial charge in [0.05, 0.1) is 37.1 Å². The summed E-state index contributed by atoms with van der Waals surface area (Å²) >= 11 is 1.58. The van der Waals surface area contributed by atoms with Crippen LogP contribution in [0.15, 0.2) is 29.6 Å². The smallest absolute Gasteiger partial charge is 0.321 e. The van der Waals surface area contributed by atoms with Crippen molar-refractivity contribution in [2.75, 3.05) is 32.2 Å². The molecule has 136 valence electrons. The van der Waals surface area contributed by atoms with E-state index in [0.29, 0.717) is 33.0 Å². The molecule has 0 unspecified atom stereocenters. The summed E-state index contributed by atoms with van der Waals surface area (Å²) in [6.45, 7) is 6.73. The number of hydrogen-bond donors (Lipinski definition) is 1. The van der Waals surface area contributed by atoms with E-state index in [1.165, 1.54) is 0 Å². The van der Waals surface area contributed by atoms with Crippen LogP contribution in [0.4, 0.5) is 10.5 Å². The van der Waals surface area contributed by atoms with Crippen LogP contribution in [-0.2, 0) is 22.6 Å². The Bertz CT molecular complexity index is 675. The highest BCUT2D eigenvalue weighted by Gasteiger charge is 2.11. The minimum atomic E-state index is -0.167. The Kier molecular flexibility index (Phi) is 7.84. The Morgan fingerprint density at radius 1 is 1.32 bits per heavy atom. The standard InChI is InChI=1S/C18H25N3O3S/c1-4-23-8-9-24-12-15-6-5-7-16(10-15)20-18(22)21(3)11-17-13-25-14(2)19-17/h5-7,10,13H,4,8-9,11-12H2,1-3H3,(H,20,22). The molecular weight excluding hydrogens is 338 g/mol. The molecule has 25 heavy (non-hydrogen) atoms. The van der Waals surface area contributed by atoms with Crippen molar-refractivity contribution in [1.82, 2.24) is 9.88 Å². The monoisotopic (exact) mass is 363 g/mol. The fourth-order valence-electron chi connectivity index (χ4n) is 2.21. The molecule has 0 atom stereocenters. The lowest BCUT2D eigenvalue weighted by molar-refractivity contribution is 0.0453. The maximum absolute atomic E-state index is 12.3. The second kappa shape index (κ2) is 10.1. The van der Waals surface area contributed by atoms with Gasteiger partial charge in [-0.2, -0.15) is 0 Å². The molecule has 1 aromatic carbocycles. The van der Waals surface area contributed by atoms with Crippen LogP contribution in [0.1, 0.15) is 23.2 Å². The van der Waals surface area contributed by atoms with Crippen LogP contribution in [0.3, 0.4) is 0 Å². The average molecular weight is 363 g/mol. The van der Waals surface area contributed by atoms with Crippen LogP contribution in [-0.4, -0.2) is 42.8 Å². The molecule has 0 saturated heterocycles. The third kappa shape index (κ3) is 6.81. The number of urea groups is 1. The van der Waals surface area contributed by atoms with Gasteiger partial charge in [-0.05, 0) is 31.5 Å². The van der Waals surface area contributed by atoms with Gasteiger partial charge in [0, 0.05) is 24.7 Å². The summed E-state index contributed by atoms with van der Waals surface area (Å²) < 4.78 is 10.8. The van der Waals surface area contributed by atoms with Crippen molar-refractivity contribution >= 4 is 23.1 Å². The first-order valence-corrected chi connectivity index (χ1v) is 9.14. The van der Waals surface area contributed by atoms with Gasteiger partial charge >= 0.3 is 6.03 Å². The summed E-state index contributed by atoms with van der Waals surface area (Å²) in [5, 5.41) is 5.87. The van der Waals surface area contributed by atoms with E-state index in [1.54, 1.807) is 23.3 Å². The molecule has 6 nitrogen and oxygen atoms in total. The molecule has 0 aliphatic heterocycles. The molecule has 7 heteroatoms. The highest BCUT2D eigenvalue weighted by molar-refractivity contribution is 7.09. The summed E-state index contributed by atoms with van der Waals surface area (Å²) in [4.78, 5) is 18.3. The van der Waals surface area contributed by atoms with Crippen molar-refractivity contribution in [3.8, 4) is 0 Å². The Morgan fingerprint density at radius 3 is 2.84 bits per heavy atom.